The number of amides is 1. The van der Waals surface area contributed by atoms with Gasteiger partial charge in [-0.05, 0) is 49.5 Å². The largest absolute Gasteiger partial charge is 0.493 e. The average molecular weight is 342 g/mol. The molecule has 1 aliphatic rings. The zero-order valence-corrected chi connectivity index (χ0v) is 14.1. The third kappa shape index (κ3) is 4.99. The highest BCUT2D eigenvalue weighted by molar-refractivity contribution is 6.32. The summed E-state index contributed by atoms with van der Waals surface area (Å²) < 4.78 is 10.7. The van der Waals surface area contributed by atoms with E-state index in [2.05, 4.69) is 4.90 Å². The van der Waals surface area contributed by atoms with Gasteiger partial charge in [0.2, 0.25) is 0 Å². The third-order valence-corrected chi connectivity index (χ3v) is 4.27. The number of methoxy groups -OCH3 is 1. The maximum Gasteiger partial charge on any atom is 0.255 e. The number of benzene rings is 1. The Morgan fingerprint density at radius 3 is 2.91 bits per heavy atom. The first-order valence-corrected chi connectivity index (χ1v) is 8.11. The van der Waals surface area contributed by atoms with E-state index < -0.39 is 5.91 Å². The molecule has 4 N–H and O–H groups in total. The molecule has 0 spiro atoms. The van der Waals surface area contributed by atoms with Crippen LogP contribution < -0.4 is 20.9 Å². The van der Waals surface area contributed by atoms with Crippen LogP contribution in [0.4, 0.5) is 0 Å². The maximum atomic E-state index is 10.9. The molecule has 1 heterocycles. The smallest absolute Gasteiger partial charge is 0.255 e. The van der Waals surface area contributed by atoms with E-state index in [1.165, 1.54) is 13.5 Å². The van der Waals surface area contributed by atoms with Gasteiger partial charge in [-0.15, -0.1) is 0 Å². The Labute approximate surface area is 141 Å². The van der Waals surface area contributed by atoms with E-state index >= 15 is 0 Å². The van der Waals surface area contributed by atoms with E-state index in [4.69, 9.17) is 32.5 Å². The fourth-order valence-corrected chi connectivity index (χ4v) is 3.18. The van der Waals surface area contributed by atoms with E-state index in [0.29, 0.717) is 22.4 Å². The van der Waals surface area contributed by atoms with Crippen molar-refractivity contribution in [2.75, 3.05) is 33.4 Å². The number of nitrogens with two attached hydrogens (primary N) is 2. The number of rotatable bonds is 7. The van der Waals surface area contributed by atoms with E-state index in [1.807, 2.05) is 12.1 Å². The predicted octanol–water partition coefficient (Wildman–Crippen LogP) is 1.38. The second kappa shape index (κ2) is 8.38. The minimum atomic E-state index is -0.562. The van der Waals surface area contributed by atoms with E-state index in [0.717, 1.165) is 38.2 Å². The van der Waals surface area contributed by atoms with Crippen molar-refractivity contribution >= 4 is 17.5 Å². The molecular formula is C16H24ClN3O3. The molecule has 1 atom stereocenters. The summed E-state index contributed by atoms with van der Waals surface area (Å²) in [5, 5.41) is 0.410. The average Bonchev–Trinajstić information content (AvgIpc) is 2.53. The summed E-state index contributed by atoms with van der Waals surface area (Å²) in [6.07, 6.45) is 2.35. The number of likely N-dealkylation sites (tertiary alicyclic amines) is 1. The van der Waals surface area contributed by atoms with Crippen LogP contribution in [0, 0.1) is 5.92 Å². The molecule has 0 aromatic heterocycles. The first-order valence-electron chi connectivity index (χ1n) is 7.73. The molecule has 128 valence electrons. The lowest BCUT2D eigenvalue weighted by Gasteiger charge is -2.32. The lowest BCUT2D eigenvalue weighted by atomic mass is 9.98. The molecule has 1 aromatic rings. The summed E-state index contributed by atoms with van der Waals surface area (Å²) in [7, 11) is 1.54. The van der Waals surface area contributed by atoms with Gasteiger partial charge in [0.15, 0.2) is 18.1 Å². The SMILES string of the molecule is COc1cc(CN2CCCC(CN)C2)cc(Cl)c1OCC(N)=O. The molecule has 1 aromatic carbocycles. The minimum Gasteiger partial charge on any atom is -0.493 e. The van der Waals surface area contributed by atoms with Gasteiger partial charge in [0.1, 0.15) is 0 Å². The van der Waals surface area contributed by atoms with Crippen LogP contribution in [0.3, 0.4) is 0 Å². The third-order valence-electron chi connectivity index (χ3n) is 3.99. The van der Waals surface area contributed by atoms with Crippen molar-refractivity contribution in [3.63, 3.8) is 0 Å². The number of carbonyl (C=O) groups excluding carboxylic acids is 1. The molecular weight excluding hydrogens is 318 g/mol. The van der Waals surface area contributed by atoms with Crippen molar-refractivity contribution < 1.29 is 14.3 Å². The summed E-state index contributed by atoms with van der Waals surface area (Å²) in [5.41, 5.74) is 11.9. The monoisotopic (exact) mass is 341 g/mol. The molecule has 1 amide bonds. The summed E-state index contributed by atoms with van der Waals surface area (Å²) in [6.45, 7) is 3.32. The Bertz CT molecular complexity index is 554. The number of hydrogen-bond donors (Lipinski definition) is 2. The van der Waals surface area contributed by atoms with Gasteiger partial charge in [-0.2, -0.15) is 0 Å². The zero-order chi connectivity index (χ0) is 16.8. The first-order chi connectivity index (χ1) is 11.0. The molecule has 1 fully saturated rings. The standard InChI is InChI=1S/C16H24ClN3O3/c1-22-14-6-12(5-13(17)16(14)23-10-15(19)21)9-20-4-2-3-11(7-18)8-20/h5-6,11H,2-4,7-10,18H2,1H3,(H2,19,21). The Balaban J connectivity index is 2.10. The zero-order valence-electron chi connectivity index (χ0n) is 13.4. The number of halogens is 1. The number of hydrogen-bond acceptors (Lipinski definition) is 5. The number of piperidine rings is 1. The van der Waals surface area contributed by atoms with Gasteiger partial charge in [0.25, 0.3) is 5.91 Å². The number of carbonyl (C=O) groups is 1. The highest BCUT2D eigenvalue weighted by Gasteiger charge is 2.20. The number of primary amides is 1. The van der Waals surface area contributed by atoms with Crippen LogP contribution in [0.5, 0.6) is 11.5 Å². The fraction of sp³-hybridized carbons (Fsp3) is 0.562. The Kier molecular flexibility index (Phi) is 6.50. The van der Waals surface area contributed by atoms with Crippen LogP contribution >= 0.6 is 11.6 Å². The molecule has 1 unspecified atom stereocenters. The highest BCUT2D eigenvalue weighted by atomic mass is 35.5. The first kappa shape index (κ1) is 17.8. The molecule has 1 saturated heterocycles. The van der Waals surface area contributed by atoms with E-state index in [-0.39, 0.29) is 6.61 Å². The molecule has 0 aliphatic carbocycles. The quantitative estimate of drug-likeness (QED) is 0.782. The van der Waals surface area contributed by atoms with Crippen LogP contribution in [0.2, 0.25) is 5.02 Å². The van der Waals surface area contributed by atoms with Crippen LogP contribution in [0.25, 0.3) is 0 Å². The molecule has 7 heteroatoms. The number of ether oxygens (including phenoxy) is 2. The van der Waals surface area contributed by atoms with Gasteiger partial charge in [-0.1, -0.05) is 11.6 Å². The van der Waals surface area contributed by atoms with Crippen molar-refractivity contribution in [2.45, 2.75) is 19.4 Å². The minimum absolute atomic E-state index is 0.236. The van der Waals surface area contributed by atoms with Gasteiger partial charge in [0, 0.05) is 13.1 Å². The Hall–Kier alpha value is -1.50. The second-order valence-electron chi connectivity index (χ2n) is 5.84. The van der Waals surface area contributed by atoms with Gasteiger partial charge in [-0.25, -0.2) is 0 Å². The van der Waals surface area contributed by atoms with E-state index in [1.54, 1.807) is 0 Å². The van der Waals surface area contributed by atoms with Crippen LogP contribution in [-0.2, 0) is 11.3 Å². The Morgan fingerprint density at radius 2 is 2.26 bits per heavy atom. The molecule has 6 nitrogen and oxygen atoms in total. The molecule has 0 saturated carbocycles. The predicted molar refractivity (Wildman–Crippen MR) is 89.7 cm³/mol. The van der Waals surface area contributed by atoms with Crippen molar-refractivity contribution in [1.82, 2.24) is 4.90 Å². The lowest BCUT2D eigenvalue weighted by Crippen LogP contribution is -2.37. The van der Waals surface area contributed by atoms with Crippen LogP contribution in [0.15, 0.2) is 12.1 Å². The summed E-state index contributed by atoms with van der Waals surface area (Å²) in [6, 6.07) is 3.72. The van der Waals surface area contributed by atoms with Crippen molar-refractivity contribution in [3.8, 4) is 11.5 Å². The van der Waals surface area contributed by atoms with Crippen molar-refractivity contribution in [2.24, 2.45) is 17.4 Å². The van der Waals surface area contributed by atoms with Gasteiger partial charge in [0.05, 0.1) is 12.1 Å². The van der Waals surface area contributed by atoms with Crippen molar-refractivity contribution in [1.29, 1.82) is 0 Å². The van der Waals surface area contributed by atoms with Crippen LogP contribution in [0.1, 0.15) is 18.4 Å². The number of nitrogens with zero attached hydrogens (tertiary/aromatic N) is 1. The summed E-state index contributed by atoms with van der Waals surface area (Å²) >= 11 is 6.27. The van der Waals surface area contributed by atoms with Crippen molar-refractivity contribution in [3.05, 3.63) is 22.7 Å². The molecule has 23 heavy (non-hydrogen) atoms. The van der Waals surface area contributed by atoms with Gasteiger partial charge >= 0.3 is 0 Å². The fourth-order valence-electron chi connectivity index (χ4n) is 2.89. The second-order valence-corrected chi connectivity index (χ2v) is 6.25. The Morgan fingerprint density at radius 1 is 1.48 bits per heavy atom. The van der Waals surface area contributed by atoms with E-state index in [9.17, 15) is 4.79 Å². The maximum absolute atomic E-state index is 10.9. The van der Waals surface area contributed by atoms with Gasteiger partial charge in [-0.3, -0.25) is 9.69 Å². The normalized spacial score (nSPS) is 18.7. The molecule has 0 radical (unpaired) electrons. The summed E-state index contributed by atoms with van der Waals surface area (Å²) in [5.74, 6) is 0.837. The molecule has 2 rings (SSSR count). The molecule has 0 bridgehead atoms. The molecule has 1 aliphatic heterocycles. The summed E-state index contributed by atoms with van der Waals surface area (Å²) in [4.78, 5) is 13.2. The topological polar surface area (TPSA) is 90.8 Å². The van der Waals surface area contributed by atoms with Crippen LogP contribution in [-0.4, -0.2) is 44.2 Å². The lowest BCUT2D eigenvalue weighted by molar-refractivity contribution is -0.119. The highest BCUT2D eigenvalue weighted by Crippen LogP contribution is 2.37. The van der Waals surface area contributed by atoms with Gasteiger partial charge < -0.3 is 20.9 Å².